The topological polar surface area (TPSA) is 60.2 Å². The van der Waals surface area contributed by atoms with Crippen LogP contribution in [0, 0.1) is 0 Å². The van der Waals surface area contributed by atoms with E-state index in [1.54, 1.807) is 11.1 Å². The molecule has 0 aromatic carbocycles. The molecule has 0 aliphatic carbocycles. The van der Waals surface area contributed by atoms with Gasteiger partial charge in [0.15, 0.2) is 9.84 Å². The van der Waals surface area contributed by atoms with Crippen LogP contribution in [0.1, 0.15) is 6.42 Å². The van der Waals surface area contributed by atoms with E-state index in [-0.39, 0.29) is 11.5 Å². The van der Waals surface area contributed by atoms with Gasteiger partial charge in [-0.3, -0.25) is 0 Å². The predicted molar refractivity (Wildman–Crippen MR) is 50.4 cm³/mol. The van der Waals surface area contributed by atoms with Crippen LogP contribution < -0.4 is 5.73 Å². The highest BCUT2D eigenvalue weighted by Crippen LogP contribution is 1.95. The van der Waals surface area contributed by atoms with E-state index in [0.717, 1.165) is 0 Å². The lowest BCUT2D eigenvalue weighted by Crippen LogP contribution is -2.13. The third-order valence-corrected chi connectivity index (χ3v) is 3.08. The molecule has 2 N–H and O–H groups in total. The van der Waals surface area contributed by atoms with E-state index in [0.29, 0.717) is 13.0 Å². The lowest BCUT2D eigenvalue weighted by Gasteiger charge is -1.97. The molecule has 0 rings (SSSR count). The van der Waals surface area contributed by atoms with Crippen molar-refractivity contribution in [3.63, 3.8) is 0 Å². The third-order valence-electron chi connectivity index (χ3n) is 1.10. The van der Waals surface area contributed by atoms with Gasteiger partial charge in [0.1, 0.15) is 0 Å². The normalized spacial score (nSPS) is 12.5. The van der Waals surface area contributed by atoms with Crippen molar-refractivity contribution in [1.82, 2.24) is 0 Å². The van der Waals surface area contributed by atoms with Crippen molar-refractivity contribution in [3.05, 3.63) is 11.1 Å². The van der Waals surface area contributed by atoms with Gasteiger partial charge in [-0.25, -0.2) is 8.42 Å². The molecular weight excluding hydrogens is 230 g/mol. The number of rotatable bonds is 5. The Hall–Kier alpha value is 0.130. The summed E-state index contributed by atoms with van der Waals surface area (Å²) in [5, 5.41) is 0. The molecule has 0 aromatic heterocycles. The van der Waals surface area contributed by atoms with Gasteiger partial charge < -0.3 is 5.73 Å². The van der Waals surface area contributed by atoms with Gasteiger partial charge in [0, 0.05) is 0 Å². The molecule has 0 spiro atoms. The van der Waals surface area contributed by atoms with E-state index in [1.165, 1.54) is 0 Å². The summed E-state index contributed by atoms with van der Waals surface area (Å²) in [6.45, 7) is 0.428. The van der Waals surface area contributed by atoms with Crippen molar-refractivity contribution in [1.29, 1.82) is 0 Å². The molecule has 66 valence electrons. The Balaban J connectivity index is 3.82. The molecular formula is C6H12BrNO2S. The van der Waals surface area contributed by atoms with Gasteiger partial charge in [0.05, 0.1) is 11.5 Å². The lowest BCUT2D eigenvalue weighted by atomic mass is 10.5. The Morgan fingerprint density at radius 3 is 2.55 bits per heavy atom. The minimum Gasteiger partial charge on any atom is -0.330 e. The van der Waals surface area contributed by atoms with Crippen LogP contribution in [0.25, 0.3) is 0 Å². The van der Waals surface area contributed by atoms with Crippen LogP contribution in [0.4, 0.5) is 0 Å². The molecule has 0 aromatic rings. The number of halogens is 1. The molecule has 0 atom stereocenters. The average Bonchev–Trinajstić information content (AvgIpc) is 1.97. The number of sulfone groups is 1. The van der Waals surface area contributed by atoms with Crippen molar-refractivity contribution in [3.8, 4) is 0 Å². The molecule has 5 heteroatoms. The van der Waals surface area contributed by atoms with Gasteiger partial charge >= 0.3 is 0 Å². The highest BCUT2D eigenvalue weighted by molar-refractivity contribution is 9.11. The summed E-state index contributed by atoms with van der Waals surface area (Å²) in [7, 11) is -2.90. The molecule has 0 saturated carbocycles. The summed E-state index contributed by atoms with van der Waals surface area (Å²) in [5.74, 6) is 0.277. The number of nitrogens with two attached hydrogens (primary N) is 1. The van der Waals surface area contributed by atoms with E-state index in [1.807, 2.05) is 0 Å². The summed E-state index contributed by atoms with van der Waals surface area (Å²) >= 11 is 3.00. The van der Waals surface area contributed by atoms with Gasteiger partial charge in [-0.15, -0.1) is 0 Å². The fourth-order valence-electron chi connectivity index (χ4n) is 0.570. The zero-order valence-electron chi connectivity index (χ0n) is 6.16. The van der Waals surface area contributed by atoms with Crippen molar-refractivity contribution in [2.45, 2.75) is 6.42 Å². The van der Waals surface area contributed by atoms with Gasteiger partial charge in [-0.2, -0.15) is 0 Å². The predicted octanol–water partition coefficient (Wildman–Crippen LogP) is 0.659. The Bertz CT molecular complexity index is 211. The first-order chi connectivity index (χ1) is 5.12. The zero-order chi connectivity index (χ0) is 8.74. The summed E-state index contributed by atoms with van der Waals surface area (Å²) in [4.78, 5) is 1.55. The monoisotopic (exact) mass is 241 g/mol. The molecule has 0 radical (unpaired) electrons. The maximum atomic E-state index is 11.0. The third kappa shape index (κ3) is 6.52. The highest BCUT2D eigenvalue weighted by Gasteiger charge is 2.06. The zero-order valence-corrected chi connectivity index (χ0v) is 8.57. The van der Waals surface area contributed by atoms with Crippen LogP contribution in [0.5, 0.6) is 0 Å². The smallest absolute Gasteiger partial charge is 0.153 e. The van der Waals surface area contributed by atoms with E-state index < -0.39 is 9.84 Å². The van der Waals surface area contributed by atoms with Crippen LogP contribution in [0.3, 0.4) is 0 Å². The second-order valence-corrected chi connectivity index (χ2v) is 4.88. The van der Waals surface area contributed by atoms with Gasteiger partial charge in [0.2, 0.25) is 0 Å². The van der Waals surface area contributed by atoms with Crippen LogP contribution in [0.15, 0.2) is 11.1 Å². The van der Waals surface area contributed by atoms with Crippen molar-refractivity contribution in [2.75, 3.05) is 18.1 Å². The molecule has 0 bridgehead atoms. The van der Waals surface area contributed by atoms with Gasteiger partial charge in [-0.05, 0) is 18.0 Å². The van der Waals surface area contributed by atoms with Crippen LogP contribution in [-0.2, 0) is 9.84 Å². The van der Waals surface area contributed by atoms with Crippen LogP contribution in [0.2, 0.25) is 0 Å². The molecule has 3 nitrogen and oxygen atoms in total. The summed E-state index contributed by atoms with van der Waals surface area (Å²) in [6, 6.07) is 0. The van der Waals surface area contributed by atoms with Gasteiger partial charge in [-0.1, -0.05) is 22.0 Å². The Labute approximate surface area is 75.7 Å². The number of hydrogen-bond donors (Lipinski definition) is 1. The molecule has 0 heterocycles. The Kier molecular flexibility index (Phi) is 5.81. The van der Waals surface area contributed by atoms with Gasteiger partial charge in [0.25, 0.3) is 0 Å². The molecule has 0 aliphatic rings. The largest absolute Gasteiger partial charge is 0.330 e. The minimum absolute atomic E-state index is 0.0955. The van der Waals surface area contributed by atoms with Crippen molar-refractivity contribution in [2.24, 2.45) is 5.73 Å². The standard InChI is InChI=1S/C6H12BrNO2S/c7-3-1-5-11(9,10)6-2-4-8/h1,3H,2,4-6,8H2. The Morgan fingerprint density at radius 1 is 1.45 bits per heavy atom. The van der Waals surface area contributed by atoms with E-state index in [4.69, 9.17) is 5.73 Å². The van der Waals surface area contributed by atoms with Crippen LogP contribution >= 0.6 is 15.9 Å². The second kappa shape index (κ2) is 5.74. The molecule has 11 heavy (non-hydrogen) atoms. The minimum atomic E-state index is -2.90. The molecule has 0 aliphatic heterocycles. The first kappa shape index (κ1) is 11.1. The quantitative estimate of drug-likeness (QED) is 0.770. The Morgan fingerprint density at radius 2 is 2.09 bits per heavy atom. The van der Waals surface area contributed by atoms with Crippen molar-refractivity contribution < 1.29 is 8.42 Å². The molecule has 0 amide bonds. The van der Waals surface area contributed by atoms with E-state index in [9.17, 15) is 8.42 Å². The summed E-state index contributed by atoms with van der Waals surface area (Å²) in [6.07, 6.45) is 2.10. The fourth-order valence-corrected chi connectivity index (χ4v) is 2.17. The van der Waals surface area contributed by atoms with Crippen molar-refractivity contribution >= 4 is 25.8 Å². The first-order valence-electron chi connectivity index (χ1n) is 3.28. The second-order valence-electron chi connectivity index (χ2n) is 2.12. The van der Waals surface area contributed by atoms with Crippen LogP contribution in [-0.4, -0.2) is 26.5 Å². The van der Waals surface area contributed by atoms with E-state index >= 15 is 0 Å². The first-order valence-corrected chi connectivity index (χ1v) is 6.02. The average molecular weight is 242 g/mol. The SMILES string of the molecule is NCCCS(=O)(=O)CC=CBr. The summed E-state index contributed by atoms with van der Waals surface area (Å²) in [5.41, 5.74) is 5.17. The molecule has 0 saturated heterocycles. The lowest BCUT2D eigenvalue weighted by molar-refractivity contribution is 0.596. The summed E-state index contributed by atoms with van der Waals surface area (Å²) < 4.78 is 22.0. The van der Waals surface area contributed by atoms with E-state index in [2.05, 4.69) is 15.9 Å². The fraction of sp³-hybridized carbons (Fsp3) is 0.667. The maximum absolute atomic E-state index is 11.0. The maximum Gasteiger partial charge on any atom is 0.153 e. The number of hydrogen-bond acceptors (Lipinski definition) is 3. The molecule has 0 unspecified atom stereocenters. The molecule has 0 fully saturated rings. The highest BCUT2D eigenvalue weighted by atomic mass is 79.9.